The van der Waals surface area contributed by atoms with Crippen LogP contribution in [0, 0.1) is 0 Å². The maximum absolute atomic E-state index is 14.7. The average molecular weight is 1110 g/mol. The maximum atomic E-state index is 14.7. The van der Waals surface area contributed by atoms with E-state index in [4.69, 9.17) is 47.0 Å². The number of aromatic hydroxyl groups is 5. The number of fused-ring (bicyclic) bond motifs is 1. The normalized spacial score (nSPS) is 29.1. The summed E-state index contributed by atoms with van der Waals surface area (Å²) >= 11 is 0. The van der Waals surface area contributed by atoms with Crippen LogP contribution in [0.2, 0.25) is 0 Å². The van der Waals surface area contributed by atoms with E-state index >= 15 is 0 Å². The van der Waals surface area contributed by atoms with Gasteiger partial charge in [-0.15, -0.1) is 0 Å². The zero-order valence-corrected chi connectivity index (χ0v) is 41.1. The highest BCUT2D eigenvalue weighted by Gasteiger charge is 2.53. The minimum absolute atomic E-state index is 0.0159. The van der Waals surface area contributed by atoms with Crippen molar-refractivity contribution in [3.8, 4) is 57.3 Å². The quantitative estimate of drug-likeness (QED) is 0.0292. The van der Waals surface area contributed by atoms with Gasteiger partial charge in [0.1, 0.15) is 109 Å². The number of phenolic OH excluding ortho intramolecular Hbond substituents is 5. The summed E-state index contributed by atoms with van der Waals surface area (Å²) in [7, 11) is 1.32. The lowest BCUT2D eigenvalue weighted by Crippen LogP contribution is -2.65. The van der Waals surface area contributed by atoms with Crippen LogP contribution in [0.3, 0.4) is 0 Å². The van der Waals surface area contributed by atoms with Crippen molar-refractivity contribution < 1.29 is 128 Å². The molecule has 79 heavy (non-hydrogen) atoms. The SMILES string of the molecule is COc1cc(/C=C/C(=O)OC[C@H]2O[C@@H](O[C@H]3[C@@H](Oc4c(-c5ccc(O)cc5)oc5cc(O[C@@H]6O[C@H](CO)[C@@H](O)[C@H](O)[C@H]6O)cc(O)c5c4=O)O[C@H](COC(=O)/C=C/c4ccc(O)c(O)c4)[C@@H](O)[C@@H]3O)[C@H](O)[C@@H](O)[C@@H]2O)ccc1O. The number of carbonyl (C=O) groups is 2. The summed E-state index contributed by atoms with van der Waals surface area (Å²) in [5.74, 6) is -5.82. The molecular formula is C52H54O27. The van der Waals surface area contributed by atoms with Crippen molar-refractivity contribution in [1.29, 1.82) is 0 Å². The molecule has 27 heteroatoms. The monoisotopic (exact) mass is 1110 g/mol. The standard InChI is InChI=1S/C52H54O27/c1-70-30-15-22(3-11-27(30)56)5-13-36(60)71-19-33-39(62)43(66)46(69)51(76-33)79-49-44(67)40(63)34(20-72-35(59)12-4-21-2-10-26(55)28(57)14-21)77-52(49)78-48-41(64)37-29(58)16-25(73-50-45(68)42(65)38(61)32(18-53)75-50)17-31(37)74-47(48)23-6-8-24(54)9-7-23/h2-17,32-34,38-40,42-46,49-58,61-63,65-69H,18-20H2,1H3/b12-4+,13-5+/t32-,33-,34-,38-,39-,40-,42+,43+,44+,45-,46-,49-,50-,51+,52-/m1/s1. The van der Waals surface area contributed by atoms with Gasteiger partial charge >= 0.3 is 11.9 Å². The molecule has 0 amide bonds. The van der Waals surface area contributed by atoms with Crippen molar-refractivity contribution in [3.63, 3.8) is 0 Å². The van der Waals surface area contributed by atoms with Crippen LogP contribution in [0.5, 0.6) is 46.0 Å². The second-order valence-electron chi connectivity index (χ2n) is 18.1. The topological polar surface area (TPSA) is 431 Å². The fraction of sp³-hybridized carbons (Fsp3) is 0.365. The van der Waals surface area contributed by atoms with E-state index in [9.17, 15) is 85.9 Å². The summed E-state index contributed by atoms with van der Waals surface area (Å²) in [6.07, 6.45) is -24.6. The Labute approximate surface area is 444 Å². The Kier molecular flexibility index (Phi) is 17.9. The molecule has 8 rings (SSSR count). The van der Waals surface area contributed by atoms with Crippen LogP contribution in [0.25, 0.3) is 34.4 Å². The van der Waals surface area contributed by atoms with E-state index in [0.717, 1.165) is 36.4 Å². The third-order valence-corrected chi connectivity index (χ3v) is 12.8. The lowest BCUT2D eigenvalue weighted by molar-refractivity contribution is -0.358. The molecule has 3 saturated heterocycles. The number of aliphatic hydroxyl groups excluding tert-OH is 9. The van der Waals surface area contributed by atoms with Crippen molar-refractivity contribution >= 4 is 35.1 Å². The maximum Gasteiger partial charge on any atom is 0.330 e. The van der Waals surface area contributed by atoms with Gasteiger partial charge in [0.25, 0.3) is 0 Å². The Morgan fingerprint density at radius 3 is 1.73 bits per heavy atom. The van der Waals surface area contributed by atoms with Crippen LogP contribution in [0.1, 0.15) is 11.1 Å². The molecule has 0 unspecified atom stereocenters. The molecule has 1 aromatic heterocycles. The second kappa shape index (κ2) is 24.6. The highest BCUT2D eigenvalue weighted by molar-refractivity contribution is 5.89. The van der Waals surface area contributed by atoms with E-state index < -0.39 is 169 Å². The van der Waals surface area contributed by atoms with Gasteiger partial charge in [-0.1, -0.05) is 12.1 Å². The number of carbonyl (C=O) groups excluding carboxylic acids is 2. The van der Waals surface area contributed by atoms with Crippen LogP contribution in [-0.2, 0) is 38.0 Å². The van der Waals surface area contributed by atoms with E-state index in [2.05, 4.69) is 0 Å². The molecule has 3 aliphatic rings. The molecule has 424 valence electrons. The lowest BCUT2D eigenvalue weighted by Gasteiger charge is -2.46. The van der Waals surface area contributed by atoms with E-state index in [0.29, 0.717) is 5.56 Å². The van der Waals surface area contributed by atoms with Gasteiger partial charge in [0, 0.05) is 29.8 Å². The Hall–Kier alpha value is -7.61. The summed E-state index contributed by atoms with van der Waals surface area (Å²) in [6, 6.07) is 14.7. The number of rotatable bonds is 17. The molecule has 4 aromatic carbocycles. The number of aliphatic hydroxyl groups is 9. The van der Waals surface area contributed by atoms with Crippen molar-refractivity contribution in [2.45, 2.75) is 92.1 Å². The van der Waals surface area contributed by atoms with Crippen molar-refractivity contribution in [2.24, 2.45) is 0 Å². The molecular weight excluding hydrogens is 1060 g/mol. The van der Waals surface area contributed by atoms with E-state index in [1.165, 1.54) is 67.8 Å². The first kappa shape index (κ1) is 57.6. The zero-order chi connectivity index (χ0) is 57.0. The predicted octanol–water partition coefficient (Wildman–Crippen LogP) is -1.29. The Morgan fingerprint density at radius 2 is 1.13 bits per heavy atom. The summed E-state index contributed by atoms with van der Waals surface area (Å²) in [6.45, 7) is -2.45. The zero-order valence-electron chi connectivity index (χ0n) is 41.1. The number of hydrogen-bond acceptors (Lipinski definition) is 27. The number of phenols is 5. The first-order valence-electron chi connectivity index (χ1n) is 23.9. The minimum Gasteiger partial charge on any atom is -0.508 e. The fourth-order valence-electron chi connectivity index (χ4n) is 8.45. The highest BCUT2D eigenvalue weighted by Crippen LogP contribution is 2.40. The molecule has 15 atom stereocenters. The van der Waals surface area contributed by atoms with Crippen LogP contribution in [0.15, 0.2) is 94.2 Å². The molecule has 0 aliphatic carbocycles. The number of hydrogen-bond donors (Lipinski definition) is 14. The van der Waals surface area contributed by atoms with Gasteiger partial charge in [-0.25, -0.2) is 9.59 Å². The lowest BCUT2D eigenvalue weighted by atomic mass is 9.97. The summed E-state index contributed by atoms with van der Waals surface area (Å²) < 4.78 is 56.7. The van der Waals surface area contributed by atoms with E-state index in [1.807, 2.05) is 0 Å². The molecule has 3 aliphatic heterocycles. The van der Waals surface area contributed by atoms with Crippen molar-refractivity contribution in [1.82, 2.24) is 0 Å². The molecule has 14 N–H and O–H groups in total. The summed E-state index contributed by atoms with van der Waals surface area (Å²) in [5, 5.41) is 148. The molecule has 3 fully saturated rings. The largest absolute Gasteiger partial charge is 0.508 e. The number of benzene rings is 4. The molecule has 0 bridgehead atoms. The Bertz CT molecular complexity index is 3080. The fourth-order valence-corrected chi connectivity index (χ4v) is 8.45. The van der Waals surface area contributed by atoms with E-state index in [-0.39, 0.29) is 34.1 Å². The molecule has 0 spiro atoms. The van der Waals surface area contributed by atoms with E-state index in [1.54, 1.807) is 0 Å². The molecule has 4 heterocycles. The van der Waals surface area contributed by atoms with Gasteiger partial charge in [0.05, 0.1) is 13.7 Å². The number of esters is 2. The van der Waals surface area contributed by atoms with Crippen LogP contribution < -0.4 is 19.6 Å². The van der Waals surface area contributed by atoms with Crippen molar-refractivity contribution in [2.75, 3.05) is 26.9 Å². The third kappa shape index (κ3) is 12.8. The van der Waals surface area contributed by atoms with Gasteiger partial charge in [0.15, 0.2) is 41.2 Å². The third-order valence-electron chi connectivity index (χ3n) is 12.8. The minimum atomic E-state index is -2.22. The summed E-state index contributed by atoms with van der Waals surface area (Å²) in [4.78, 5) is 40.5. The molecule has 0 saturated carbocycles. The van der Waals surface area contributed by atoms with Crippen LogP contribution >= 0.6 is 0 Å². The van der Waals surface area contributed by atoms with Gasteiger partial charge in [0.2, 0.25) is 23.8 Å². The molecule has 5 aromatic rings. The van der Waals surface area contributed by atoms with Gasteiger partial charge < -0.3 is 119 Å². The Morgan fingerprint density at radius 1 is 0.570 bits per heavy atom. The Balaban J connectivity index is 1.11. The molecule has 27 nitrogen and oxygen atoms in total. The first-order valence-corrected chi connectivity index (χ1v) is 23.9. The number of methoxy groups -OCH3 is 1. The smallest absolute Gasteiger partial charge is 0.330 e. The number of ether oxygens (including phenoxy) is 9. The predicted molar refractivity (Wildman–Crippen MR) is 263 cm³/mol. The van der Waals surface area contributed by atoms with Crippen molar-refractivity contribution in [3.05, 3.63) is 106 Å². The highest BCUT2D eigenvalue weighted by atomic mass is 16.8. The second-order valence-corrected chi connectivity index (χ2v) is 18.1. The van der Waals surface area contributed by atoms with Crippen LogP contribution in [0.4, 0.5) is 0 Å². The van der Waals surface area contributed by atoms with Gasteiger partial charge in [-0.3, -0.25) is 4.79 Å². The molecule has 0 radical (unpaired) electrons. The average Bonchev–Trinajstić information content (AvgIpc) is 3.43. The van der Waals surface area contributed by atoms with Gasteiger partial charge in [-0.2, -0.15) is 0 Å². The summed E-state index contributed by atoms with van der Waals surface area (Å²) in [5.41, 5.74) is -0.987. The van der Waals surface area contributed by atoms with Gasteiger partial charge in [-0.05, 0) is 71.8 Å². The van der Waals surface area contributed by atoms with Crippen LogP contribution in [-0.4, -0.2) is 202 Å². The first-order chi connectivity index (χ1) is 37.6.